The summed E-state index contributed by atoms with van der Waals surface area (Å²) in [5.41, 5.74) is 2.43. The van der Waals surface area contributed by atoms with E-state index in [1.165, 1.54) is 11.3 Å². The van der Waals surface area contributed by atoms with Gasteiger partial charge in [-0.15, -0.1) is 11.3 Å². The van der Waals surface area contributed by atoms with Crippen LogP contribution in [0.5, 0.6) is 11.6 Å². The van der Waals surface area contributed by atoms with Crippen molar-refractivity contribution >= 4 is 50.7 Å². The van der Waals surface area contributed by atoms with Gasteiger partial charge in [-0.25, -0.2) is 10.8 Å². The van der Waals surface area contributed by atoms with E-state index in [4.69, 9.17) is 33.8 Å². The molecular weight excluding hydrogens is 331 g/mol. The van der Waals surface area contributed by atoms with Crippen molar-refractivity contribution in [2.75, 3.05) is 5.43 Å². The zero-order valence-corrected chi connectivity index (χ0v) is 13.2. The number of fused-ring (bicyclic) bond motifs is 1. The normalized spacial score (nSPS) is 10.9. The molecule has 2 aromatic heterocycles. The highest BCUT2D eigenvalue weighted by atomic mass is 35.5. The van der Waals surface area contributed by atoms with Crippen molar-refractivity contribution in [3.8, 4) is 11.6 Å². The van der Waals surface area contributed by atoms with Crippen LogP contribution in [-0.4, -0.2) is 9.97 Å². The quantitative estimate of drug-likeness (QED) is 0.546. The molecule has 5 nitrogen and oxygen atoms in total. The van der Waals surface area contributed by atoms with Gasteiger partial charge in [-0.05, 0) is 25.1 Å². The van der Waals surface area contributed by atoms with Gasteiger partial charge in [0.25, 0.3) is 0 Å². The summed E-state index contributed by atoms with van der Waals surface area (Å²) in [5, 5.41) is 1.70. The van der Waals surface area contributed by atoms with Gasteiger partial charge in [0, 0.05) is 10.9 Å². The van der Waals surface area contributed by atoms with Gasteiger partial charge in [-0.1, -0.05) is 23.2 Å². The van der Waals surface area contributed by atoms with E-state index in [1.54, 1.807) is 18.2 Å². The fraction of sp³-hybridized carbons (Fsp3) is 0.0769. The zero-order chi connectivity index (χ0) is 15.0. The summed E-state index contributed by atoms with van der Waals surface area (Å²) in [4.78, 5) is 10.4. The van der Waals surface area contributed by atoms with Crippen molar-refractivity contribution in [1.29, 1.82) is 0 Å². The molecule has 0 unspecified atom stereocenters. The van der Waals surface area contributed by atoms with Crippen LogP contribution in [0.25, 0.3) is 10.2 Å². The fourth-order valence-electron chi connectivity index (χ4n) is 1.81. The van der Waals surface area contributed by atoms with Crippen LogP contribution in [0.2, 0.25) is 10.0 Å². The maximum atomic E-state index is 5.99. The number of nitrogens with two attached hydrogens (primary N) is 1. The third kappa shape index (κ3) is 2.89. The number of nitrogens with one attached hydrogen (secondary N) is 1. The Morgan fingerprint density at radius 3 is 2.71 bits per heavy atom. The topological polar surface area (TPSA) is 73.1 Å². The first-order chi connectivity index (χ1) is 10.1. The Labute approximate surface area is 134 Å². The summed E-state index contributed by atoms with van der Waals surface area (Å²) in [6.45, 7) is 1.99. The first-order valence-electron chi connectivity index (χ1n) is 5.94. The lowest BCUT2D eigenvalue weighted by atomic mass is 10.3. The molecule has 108 valence electrons. The third-order valence-electron chi connectivity index (χ3n) is 2.72. The zero-order valence-electron chi connectivity index (χ0n) is 10.9. The molecule has 0 atom stereocenters. The molecule has 3 aromatic rings. The summed E-state index contributed by atoms with van der Waals surface area (Å²) in [7, 11) is 0. The predicted molar refractivity (Wildman–Crippen MR) is 86.5 cm³/mol. The van der Waals surface area contributed by atoms with E-state index in [0.717, 1.165) is 15.1 Å². The maximum absolute atomic E-state index is 5.99. The SMILES string of the molecule is Cc1cc2c(Oc3ccc(Cl)c(Cl)c3)nc(NN)nc2s1. The minimum atomic E-state index is 0.291. The standard InChI is InChI=1S/C13H10Cl2N4OS/c1-6-4-8-11(17-13(19-16)18-12(8)21-6)20-7-2-3-9(14)10(15)5-7/h2-5H,16H2,1H3,(H,17,18,19). The molecule has 0 aliphatic carbocycles. The molecule has 0 amide bonds. The number of rotatable bonds is 3. The van der Waals surface area contributed by atoms with Crippen LogP contribution in [0.3, 0.4) is 0 Å². The highest BCUT2D eigenvalue weighted by Gasteiger charge is 2.13. The highest BCUT2D eigenvalue weighted by molar-refractivity contribution is 7.18. The summed E-state index contributed by atoms with van der Waals surface area (Å²) in [5.74, 6) is 6.63. The van der Waals surface area contributed by atoms with Crippen LogP contribution in [-0.2, 0) is 0 Å². The second kappa shape index (κ2) is 5.65. The number of hydrogen-bond acceptors (Lipinski definition) is 6. The Morgan fingerprint density at radius 2 is 2.00 bits per heavy atom. The molecule has 3 rings (SSSR count). The summed E-state index contributed by atoms with van der Waals surface area (Å²) < 4.78 is 5.80. The minimum absolute atomic E-state index is 0.291. The number of ether oxygens (including phenoxy) is 1. The van der Waals surface area contributed by atoms with Crippen molar-refractivity contribution in [1.82, 2.24) is 9.97 Å². The molecule has 0 bridgehead atoms. The molecule has 0 aliphatic heterocycles. The van der Waals surface area contributed by atoms with Crippen molar-refractivity contribution in [2.45, 2.75) is 6.92 Å². The van der Waals surface area contributed by atoms with Crippen LogP contribution in [0.4, 0.5) is 5.95 Å². The minimum Gasteiger partial charge on any atom is -0.438 e. The second-order valence-corrected chi connectivity index (χ2v) is 6.30. The first kappa shape index (κ1) is 14.3. The lowest BCUT2D eigenvalue weighted by Crippen LogP contribution is -2.10. The molecule has 0 radical (unpaired) electrons. The lowest BCUT2D eigenvalue weighted by molar-refractivity contribution is 0.469. The Balaban J connectivity index is 2.07. The molecule has 0 aliphatic rings. The van der Waals surface area contributed by atoms with E-state index in [0.29, 0.717) is 27.6 Å². The van der Waals surface area contributed by atoms with Crippen molar-refractivity contribution < 1.29 is 4.74 Å². The number of nitrogens with zero attached hydrogens (tertiary/aromatic N) is 2. The summed E-state index contributed by atoms with van der Waals surface area (Å²) in [6, 6.07) is 6.98. The van der Waals surface area contributed by atoms with Gasteiger partial charge >= 0.3 is 0 Å². The van der Waals surface area contributed by atoms with Crippen molar-refractivity contribution in [2.24, 2.45) is 5.84 Å². The predicted octanol–water partition coefficient (Wildman–Crippen LogP) is 4.38. The molecule has 0 saturated carbocycles. The number of anilines is 1. The number of nitrogen functional groups attached to an aromatic ring is 1. The number of aryl methyl sites for hydroxylation is 1. The third-order valence-corrected chi connectivity index (χ3v) is 4.40. The largest absolute Gasteiger partial charge is 0.438 e. The van der Waals surface area contributed by atoms with Gasteiger partial charge in [0.05, 0.1) is 15.4 Å². The van der Waals surface area contributed by atoms with Crippen LogP contribution >= 0.6 is 34.5 Å². The van der Waals surface area contributed by atoms with Crippen LogP contribution < -0.4 is 16.0 Å². The van der Waals surface area contributed by atoms with Gasteiger partial charge < -0.3 is 4.74 Å². The van der Waals surface area contributed by atoms with Gasteiger partial charge in [-0.3, -0.25) is 5.43 Å². The molecule has 21 heavy (non-hydrogen) atoms. The molecular formula is C13H10Cl2N4OS. The number of hydrazine groups is 1. The Kier molecular flexibility index (Phi) is 3.86. The van der Waals surface area contributed by atoms with Gasteiger partial charge in [0.1, 0.15) is 10.6 Å². The molecule has 0 spiro atoms. The second-order valence-electron chi connectivity index (χ2n) is 4.25. The molecule has 0 saturated heterocycles. The Morgan fingerprint density at radius 1 is 1.19 bits per heavy atom. The molecule has 8 heteroatoms. The van der Waals surface area contributed by atoms with E-state index in [-0.39, 0.29) is 0 Å². The maximum Gasteiger partial charge on any atom is 0.241 e. The molecule has 1 aromatic carbocycles. The highest BCUT2D eigenvalue weighted by Crippen LogP contribution is 2.35. The number of hydrogen-bond donors (Lipinski definition) is 2. The number of aromatic nitrogens is 2. The fourth-order valence-corrected chi connectivity index (χ4v) is 2.97. The van der Waals surface area contributed by atoms with E-state index in [1.807, 2.05) is 13.0 Å². The van der Waals surface area contributed by atoms with Crippen LogP contribution in [0, 0.1) is 6.92 Å². The van der Waals surface area contributed by atoms with E-state index in [9.17, 15) is 0 Å². The Bertz CT molecular complexity index is 821. The van der Waals surface area contributed by atoms with Gasteiger partial charge in [-0.2, -0.15) is 4.98 Å². The number of thiophene rings is 1. The smallest absolute Gasteiger partial charge is 0.241 e. The molecule has 3 N–H and O–H groups in total. The van der Waals surface area contributed by atoms with Crippen molar-refractivity contribution in [3.63, 3.8) is 0 Å². The molecule has 0 fully saturated rings. The van der Waals surface area contributed by atoms with E-state index in [2.05, 4.69) is 15.4 Å². The number of halogens is 2. The molecule has 2 heterocycles. The summed E-state index contributed by atoms with van der Waals surface area (Å²) >= 11 is 13.4. The van der Waals surface area contributed by atoms with Crippen LogP contribution in [0.1, 0.15) is 4.88 Å². The summed E-state index contributed by atoms with van der Waals surface area (Å²) in [6.07, 6.45) is 0. The Hall–Kier alpha value is -1.60. The van der Waals surface area contributed by atoms with Crippen molar-refractivity contribution in [3.05, 3.63) is 39.2 Å². The first-order valence-corrected chi connectivity index (χ1v) is 7.52. The van der Waals surface area contributed by atoms with E-state index < -0.39 is 0 Å². The van der Waals surface area contributed by atoms with Crippen LogP contribution in [0.15, 0.2) is 24.3 Å². The number of benzene rings is 1. The lowest BCUT2D eigenvalue weighted by Gasteiger charge is -2.08. The average Bonchev–Trinajstić information content (AvgIpc) is 2.83. The monoisotopic (exact) mass is 340 g/mol. The van der Waals surface area contributed by atoms with E-state index >= 15 is 0 Å². The van der Waals surface area contributed by atoms with Gasteiger partial charge in [0.2, 0.25) is 11.8 Å². The average molecular weight is 341 g/mol. The van der Waals surface area contributed by atoms with Gasteiger partial charge in [0.15, 0.2) is 0 Å².